The molecule has 7 nitrogen and oxygen atoms in total. The molecule has 1 atom stereocenters. The second-order valence-corrected chi connectivity index (χ2v) is 11.8. The largest absolute Gasteiger partial charge is 0.493 e. The van der Waals surface area contributed by atoms with E-state index in [1.165, 1.54) is 17.4 Å². The van der Waals surface area contributed by atoms with Gasteiger partial charge in [0, 0.05) is 29.4 Å². The summed E-state index contributed by atoms with van der Waals surface area (Å²) in [5.41, 5.74) is 6.25. The molecule has 1 aliphatic heterocycles. The highest BCUT2D eigenvalue weighted by Gasteiger charge is 2.26. The van der Waals surface area contributed by atoms with Crippen molar-refractivity contribution in [3.63, 3.8) is 0 Å². The minimum absolute atomic E-state index is 0.0261. The van der Waals surface area contributed by atoms with E-state index in [2.05, 4.69) is 26.0 Å². The first-order chi connectivity index (χ1) is 17.6. The zero-order valence-electron chi connectivity index (χ0n) is 21.3. The van der Waals surface area contributed by atoms with Crippen molar-refractivity contribution in [2.45, 2.75) is 39.2 Å². The van der Waals surface area contributed by atoms with Crippen LogP contribution in [0.3, 0.4) is 0 Å². The molecular formula is C29H32O7S. The lowest BCUT2D eigenvalue weighted by Crippen LogP contribution is -2.09. The number of carboxylic acid groups (broad SMARTS) is 1. The number of hydrogen-bond donors (Lipinski definition) is 1. The first-order valence-electron chi connectivity index (χ1n) is 12.2. The van der Waals surface area contributed by atoms with Gasteiger partial charge in [-0.05, 0) is 60.7 Å². The van der Waals surface area contributed by atoms with Crippen LogP contribution in [0.4, 0.5) is 0 Å². The molecule has 0 radical (unpaired) electrons. The van der Waals surface area contributed by atoms with Gasteiger partial charge < -0.3 is 19.3 Å². The Morgan fingerprint density at radius 1 is 1.05 bits per heavy atom. The SMILES string of the molecule is Cc1cccc(C)c1-c1ccc(OCCCS(C)(=O)=O)c(COc2ccc3c(c2)OC[C@H]3CC(=O)O)c1. The molecule has 0 spiro atoms. The van der Waals surface area contributed by atoms with Crippen molar-refractivity contribution in [1.82, 2.24) is 0 Å². The summed E-state index contributed by atoms with van der Waals surface area (Å²) in [4.78, 5) is 11.1. The van der Waals surface area contributed by atoms with E-state index in [4.69, 9.17) is 19.3 Å². The highest BCUT2D eigenvalue weighted by Crippen LogP contribution is 2.39. The number of carboxylic acids is 1. The molecule has 0 saturated heterocycles. The van der Waals surface area contributed by atoms with E-state index >= 15 is 0 Å². The molecule has 1 aliphatic rings. The highest BCUT2D eigenvalue weighted by molar-refractivity contribution is 7.90. The number of rotatable bonds is 11. The van der Waals surface area contributed by atoms with E-state index in [1.54, 1.807) is 6.07 Å². The molecule has 4 rings (SSSR count). The van der Waals surface area contributed by atoms with Crippen LogP contribution in [0.1, 0.15) is 41.0 Å². The van der Waals surface area contributed by atoms with Gasteiger partial charge in [-0.3, -0.25) is 4.79 Å². The van der Waals surface area contributed by atoms with Gasteiger partial charge in [-0.15, -0.1) is 0 Å². The first kappa shape index (κ1) is 26.5. The van der Waals surface area contributed by atoms with E-state index in [0.717, 1.165) is 22.3 Å². The molecule has 0 aliphatic carbocycles. The summed E-state index contributed by atoms with van der Waals surface area (Å²) in [6.07, 6.45) is 1.64. The van der Waals surface area contributed by atoms with Crippen molar-refractivity contribution in [2.24, 2.45) is 0 Å². The van der Waals surface area contributed by atoms with Crippen molar-refractivity contribution in [3.8, 4) is 28.4 Å². The standard InChI is InChI=1S/C29H32O7S/c1-19-6-4-7-20(2)29(19)21-8-11-26(34-12-5-13-37(3,32)33)23(14-21)18-35-24-9-10-25-22(15-28(30)31)17-36-27(25)16-24/h4,6-11,14,16,22H,5,12-13,15,17-18H2,1-3H3,(H,30,31)/t22-/m1/s1. The third-order valence-corrected chi connectivity index (χ3v) is 7.46. The molecule has 0 saturated carbocycles. The van der Waals surface area contributed by atoms with Gasteiger partial charge in [0.05, 0.1) is 25.4 Å². The Hall–Kier alpha value is -3.52. The summed E-state index contributed by atoms with van der Waals surface area (Å²) in [5, 5.41) is 9.12. The van der Waals surface area contributed by atoms with Crippen molar-refractivity contribution in [1.29, 1.82) is 0 Å². The van der Waals surface area contributed by atoms with Crippen LogP contribution < -0.4 is 14.2 Å². The molecule has 196 valence electrons. The Balaban J connectivity index is 1.55. The van der Waals surface area contributed by atoms with Gasteiger partial charge in [0.25, 0.3) is 0 Å². The van der Waals surface area contributed by atoms with Crippen molar-refractivity contribution < 1.29 is 32.5 Å². The number of hydrogen-bond acceptors (Lipinski definition) is 6. The molecule has 3 aromatic carbocycles. The van der Waals surface area contributed by atoms with Crippen LogP contribution in [0.15, 0.2) is 54.6 Å². The Morgan fingerprint density at radius 3 is 2.51 bits per heavy atom. The van der Waals surface area contributed by atoms with Gasteiger partial charge in [0.15, 0.2) is 0 Å². The topological polar surface area (TPSA) is 99.1 Å². The van der Waals surface area contributed by atoms with Crippen LogP contribution in [-0.2, 0) is 21.2 Å². The molecule has 8 heteroatoms. The molecule has 0 unspecified atom stereocenters. The van der Waals surface area contributed by atoms with Gasteiger partial charge in [-0.25, -0.2) is 8.42 Å². The molecule has 0 aromatic heterocycles. The minimum atomic E-state index is -3.05. The average Bonchev–Trinajstić information content (AvgIpc) is 3.22. The third kappa shape index (κ3) is 6.83. The zero-order valence-corrected chi connectivity index (χ0v) is 22.1. The molecule has 1 N–H and O–H groups in total. The number of aliphatic carboxylic acids is 1. The molecule has 3 aromatic rings. The van der Waals surface area contributed by atoms with E-state index in [1.807, 2.05) is 36.4 Å². The van der Waals surface area contributed by atoms with Crippen LogP contribution >= 0.6 is 0 Å². The Morgan fingerprint density at radius 2 is 1.81 bits per heavy atom. The van der Waals surface area contributed by atoms with E-state index < -0.39 is 15.8 Å². The van der Waals surface area contributed by atoms with Crippen LogP contribution in [0.25, 0.3) is 11.1 Å². The lowest BCUT2D eigenvalue weighted by atomic mass is 9.94. The lowest BCUT2D eigenvalue weighted by Gasteiger charge is -2.16. The van der Waals surface area contributed by atoms with Crippen molar-refractivity contribution in [3.05, 3.63) is 76.9 Å². The fourth-order valence-electron chi connectivity index (χ4n) is 4.65. The van der Waals surface area contributed by atoms with Crippen LogP contribution in [0, 0.1) is 13.8 Å². The van der Waals surface area contributed by atoms with Crippen LogP contribution in [0.5, 0.6) is 17.2 Å². The van der Waals surface area contributed by atoms with Crippen LogP contribution in [-0.4, -0.2) is 44.7 Å². The lowest BCUT2D eigenvalue weighted by molar-refractivity contribution is -0.137. The maximum absolute atomic E-state index is 11.5. The smallest absolute Gasteiger partial charge is 0.304 e. The number of fused-ring (bicyclic) bond motifs is 1. The second-order valence-electron chi connectivity index (χ2n) is 9.52. The predicted molar refractivity (Wildman–Crippen MR) is 142 cm³/mol. The van der Waals surface area contributed by atoms with Crippen molar-refractivity contribution >= 4 is 15.8 Å². The second kappa shape index (κ2) is 11.3. The molecule has 0 bridgehead atoms. The van der Waals surface area contributed by atoms with Gasteiger partial charge >= 0.3 is 5.97 Å². The predicted octanol–water partition coefficient (Wildman–Crippen LogP) is 5.31. The fraction of sp³-hybridized carbons (Fsp3) is 0.345. The summed E-state index contributed by atoms with van der Waals surface area (Å²) in [7, 11) is -3.05. The summed E-state index contributed by atoms with van der Waals surface area (Å²) >= 11 is 0. The Kier molecular flexibility index (Phi) is 8.07. The van der Waals surface area contributed by atoms with Gasteiger partial charge in [-0.2, -0.15) is 0 Å². The maximum atomic E-state index is 11.5. The zero-order chi connectivity index (χ0) is 26.6. The van der Waals surface area contributed by atoms with Gasteiger partial charge in [-0.1, -0.05) is 30.3 Å². The normalized spacial score (nSPS) is 14.6. The number of ether oxygens (including phenoxy) is 3. The number of aryl methyl sites for hydroxylation is 2. The van der Waals surface area contributed by atoms with Gasteiger partial charge in [0.2, 0.25) is 0 Å². The summed E-state index contributed by atoms with van der Waals surface area (Å²) in [6, 6.07) is 17.6. The summed E-state index contributed by atoms with van der Waals surface area (Å²) in [5.74, 6) is 0.942. The van der Waals surface area contributed by atoms with E-state index in [9.17, 15) is 13.2 Å². The highest BCUT2D eigenvalue weighted by atomic mass is 32.2. The molecule has 1 heterocycles. The third-order valence-electron chi connectivity index (χ3n) is 6.43. The van der Waals surface area contributed by atoms with Crippen molar-refractivity contribution in [2.75, 3.05) is 25.2 Å². The number of benzene rings is 3. The molecule has 0 amide bonds. The minimum Gasteiger partial charge on any atom is -0.493 e. The monoisotopic (exact) mass is 524 g/mol. The summed E-state index contributed by atoms with van der Waals surface area (Å²) in [6.45, 7) is 5.01. The Bertz CT molecular complexity index is 1380. The average molecular weight is 525 g/mol. The van der Waals surface area contributed by atoms with E-state index in [0.29, 0.717) is 30.3 Å². The molecule has 0 fully saturated rings. The fourth-order valence-corrected chi connectivity index (χ4v) is 5.29. The first-order valence-corrected chi connectivity index (χ1v) is 14.3. The summed E-state index contributed by atoms with van der Waals surface area (Å²) < 4.78 is 40.7. The quantitative estimate of drug-likeness (QED) is 0.339. The number of sulfone groups is 1. The van der Waals surface area contributed by atoms with Gasteiger partial charge in [0.1, 0.15) is 33.7 Å². The molecule has 37 heavy (non-hydrogen) atoms. The molecular weight excluding hydrogens is 492 g/mol. The van der Waals surface area contributed by atoms with E-state index in [-0.39, 0.29) is 31.3 Å². The van der Waals surface area contributed by atoms with Crippen LogP contribution in [0.2, 0.25) is 0 Å². The Labute approximate surface area is 217 Å². The maximum Gasteiger partial charge on any atom is 0.304 e. The number of carbonyl (C=O) groups is 1.